The highest BCUT2D eigenvalue weighted by Crippen LogP contribution is 2.21. The van der Waals surface area contributed by atoms with E-state index < -0.39 is 0 Å². The Morgan fingerprint density at radius 2 is 2.00 bits per heavy atom. The number of hydrogen-bond donors (Lipinski definition) is 0. The van der Waals surface area contributed by atoms with Crippen LogP contribution in [0.15, 0.2) is 46.9 Å². The number of carbonyl (C=O) groups excluding carboxylic acids is 1. The maximum absolute atomic E-state index is 11.9. The Morgan fingerprint density at radius 3 is 2.76 bits per heavy atom. The molecule has 106 valence electrons. The average molecular weight is 302 g/mol. The number of aryl methyl sites for hydroxylation is 1. The van der Waals surface area contributed by atoms with E-state index in [2.05, 4.69) is 4.98 Å². The smallest absolute Gasteiger partial charge is 0.315 e. The first-order valence-corrected chi connectivity index (χ1v) is 6.80. The number of carbonyl (C=O) groups is 1. The molecule has 0 spiro atoms. The van der Waals surface area contributed by atoms with Crippen molar-refractivity contribution in [2.24, 2.45) is 0 Å². The van der Waals surface area contributed by atoms with Gasteiger partial charge in [-0.15, -0.1) is 0 Å². The third-order valence-electron chi connectivity index (χ3n) is 2.96. The molecule has 0 bridgehead atoms. The summed E-state index contributed by atoms with van der Waals surface area (Å²) in [5.41, 5.74) is 2.19. The van der Waals surface area contributed by atoms with Gasteiger partial charge in [-0.1, -0.05) is 23.7 Å². The molecule has 0 fully saturated rings. The summed E-state index contributed by atoms with van der Waals surface area (Å²) in [6.07, 6.45) is 0.188. The van der Waals surface area contributed by atoms with Crippen molar-refractivity contribution in [1.82, 2.24) is 4.98 Å². The van der Waals surface area contributed by atoms with E-state index in [9.17, 15) is 4.79 Å². The van der Waals surface area contributed by atoms with Gasteiger partial charge in [-0.05, 0) is 29.8 Å². The first kappa shape index (κ1) is 13.6. The zero-order valence-corrected chi connectivity index (χ0v) is 12.1. The van der Waals surface area contributed by atoms with Crippen molar-refractivity contribution in [1.29, 1.82) is 0 Å². The lowest BCUT2D eigenvalue weighted by Crippen LogP contribution is -2.11. The molecule has 0 amide bonds. The quantitative estimate of drug-likeness (QED) is 0.543. The number of halogens is 1. The summed E-state index contributed by atoms with van der Waals surface area (Å²) >= 11 is 5.80. The van der Waals surface area contributed by atoms with Crippen LogP contribution in [-0.2, 0) is 11.2 Å². The second kappa shape index (κ2) is 5.58. The zero-order valence-electron chi connectivity index (χ0n) is 11.3. The standard InChI is InChI=1S/C16H12ClNO3/c1-10-18-14-9-13(6-7-15(14)20-10)21-16(19)8-11-2-4-12(17)5-3-11/h2-7,9H,8H2,1H3. The SMILES string of the molecule is Cc1nc2cc(OC(=O)Cc3ccc(Cl)cc3)ccc2o1. The van der Waals surface area contributed by atoms with Crippen LogP contribution in [0.4, 0.5) is 0 Å². The first-order chi connectivity index (χ1) is 10.1. The number of fused-ring (bicyclic) bond motifs is 1. The van der Waals surface area contributed by atoms with Crippen molar-refractivity contribution >= 4 is 28.7 Å². The number of oxazole rings is 1. The molecule has 3 aromatic rings. The lowest BCUT2D eigenvalue weighted by molar-refractivity contribution is -0.133. The summed E-state index contributed by atoms with van der Waals surface area (Å²) in [5, 5.41) is 0.638. The lowest BCUT2D eigenvalue weighted by atomic mass is 10.1. The Bertz CT molecular complexity index is 793. The van der Waals surface area contributed by atoms with E-state index in [-0.39, 0.29) is 12.4 Å². The molecular formula is C16H12ClNO3. The normalized spacial score (nSPS) is 10.8. The van der Waals surface area contributed by atoms with E-state index >= 15 is 0 Å². The van der Waals surface area contributed by atoms with Crippen molar-refractivity contribution in [2.45, 2.75) is 13.3 Å². The number of ether oxygens (including phenoxy) is 1. The molecule has 0 atom stereocenters. The fraction of sp³-hybridized carbons (Fsp3) is 0.125. The van der Waals surface area contributed by atoms with Crippen LogP contribution in [0.25, 0.3) is 11.1 Å². The van der Waals surface area contributed by atoms with Crippen LogP contribution >= 0.6 is 11.6 Å². The van der Waals surface area contributed by atoms with E-state index in [1.54, 1.807) is 49.4 Å². The van der Waals surface area contributed by atoms with Gasteiger partial charge in [-0.2, -0.15) is 0 Å². The molecule has 5 heteroatoms. The molecule has 21 heavy (non-hydrogen) atoms. The van der Waals surface area contributed by atoms with Crippen LogP contribution < -0.4 is 4.74 Å². The van der Waals surface area contributed by atoms with E-state index in [0.717, 1.165) is 5.56 Å². The van der Waals surface area contributed by atoms with Crippen molar-refractivity contribution in [2.75, 3.05) is 0 Å². The highest BCUT2D eigenvalue weighted by Gasteiger charge is 2.09. The van der Waals surface area contributed by atoms with Crippen LogP contribution in [0.5, 0.6) is 5.75 Å². The second-order valence-electron chi connectivity index (χ2n) is 4.64. The summed E-state index contributed by atoms with van der Waals surface area (Å²) < 4.78 is 10.7. The van der Waals surface area contributed by atoms with Gasteiger partial charge in [-0.25, -0.2) is 4.98 Å². The van der Waals surface area contributed by atoms with Gasteiger partial charge >= 0.3 is 5.97 Å². The fourth-order valence-electron chi connectivity index (χ4n) is 2.02. The largest absolute Gasteiger partial charge is 0.441 e. The molecule has 0 saturated heterocycles. The number of aromatic nitrogens is 1. The molecule has 0 aliphatic carbocycles. The van der Waals surface area contributed by atoms with E-state index in [4.69, 9.17) is 20.8 Å². The molecule has 0 unspecified atom stereocenters. The van der Waals surface area contributed by atoms with Gasteiger partial charge in [0, 0.05) is 18.0 Å². The molecule has 1 heterocycles. The van der Waals surface area contributed by atoms with Gasteiger partial charge in [0.1, 0.15) is 11.3 Å². The Labute approximate surface area is 126 Å². The van der Waals surface area contributed by atoms with Crippen molar-refractivity contribution in [3.8, 4) is 5.75 Å². The highest BCUT2D eigenvalue weighted by molar-refractivity contribution is 6.30. The maximum atomic E-state index is 11.9. The number of nitrogens with zero attached hydrogens (tertiary/aromatic N) is 1. The van der Waals surface area contributed by atoms with Crippen LogP contribution in [0.1, 0.15) is 11.5 Å². The van der Waals surface area contributed by atoms with Gasteiger partial charge in [0.05, 0.1) is 6.42 Å². The van der Waals surface area contributed by atoms with Gasteiger partial charge < -0.3 is 9.15 Å². The molecule has 2 aromatic carbocycles. The minimum absolute atomic E-state index is 0.188. The molecule has 0 aliphatic rings. The molecule has 0 N–H and O–H groups in total. The maximum Gasteiger partial charge on any atom is 0.315 e. The highest BCUT2D eigenvalue weighted by atomic mass is 35.5. The van der Waals surface area contributed by atoms with Crippen molar-refractivity contribution < 1.29 is 13.9 Å². The Kier molecular flexibility index (Phi) is 3.62. The third kappa shape index (κ3) is 3.23. The van der Waals surface area contributed by atoms with Crippen LogP contribution in [0.2, 0.25) is 5.02 Å². The minimum atomic E-state index is -0.336. The average Bonchev–Trinajstić information content (AvgIpc) is 2.80. The first-order valence-electron chi connectivity index (χ1n) is 6.42. The van der Waals surface area contributed by atoms with Gasteiger partial charge in [-0.3, -0.25) is 4.79 Å². The van der Waals surface area contributed by atoms with Gasteiger partial charge in [0.2, 0.25) is 0 Å². The van der Waals surface area contributed by atoms with Crippen LogP contribution in [0.3, 0.4) is 0 Å². The molecule has 0 aliphatic heterocycles. The predicted molar refractivity (Wildman–Crippen MR) is 79.5 cm³/mol. The number of hydrogen-bond acceptors (Lipinski definition) is 4. The predicted octanol–water partition coefficient (Wildman–Crippen LogP) is 3.94. The molecule has 4 nitrogen and oxygen atoms in total. The minimum Gasteiger partial charge on any atom is -0.441 e. The fourth-order valence-corrected chi connectivity index (χ4v) is 2.15. The third-order valence-corrected chi connectivity index (χ3v) is 3.21. The van der Waals surface area contributed by atoms with Gasteiger partial charge in [0.25, 0.3) is 0 Å². The summed E-state index contributed by atoms with van der Waals surface area (Å²) in [6, 6.07) is 12.2. The topological polar surface area (TPSA) is 52.3 Å². The van der Waals surface area contributed by atoms with E-state index in [0.29, 0.717) is 27.8 Å². The summed E-state index contributed by atoms with van der Waals surface area (Å²) in [7, 11) is 0. The van der Waals surface area contributed by atoms with Crippen LogP contribution in [0, 0.1) is 6.92 Å². The Hall–Kier alpha value is -2.33. The summed E-state index contributed by atoms with van der Waals surface area (Å²) in [5.74, 6) is 0.696. The van der Waals surface area contributed by atoms with E-state index in [1.807, 2.05) is 0 Å². The molecule has 1 aromatic heterocycles. The molecule has 0 saturated carbocycles. The van der Waals surface area contributed by atoms with Gasteiger partial charge in [0.15, 0.2) is 11.5 Å². The van der Waals surface area contributed by atoms with Crippen LogP contribution in [-0.4, -0.2) is 11.0 Å². The lowest BCUT2D eigenvalue weighted by Gasteiger charge is -2.04. The van der Waals surface area contributed by atoms with E-state index in [1.165, 1.54) is 0 Å². The monoisotopic (exact) mass is 301 g/mol. The Morgan fingerprint density at radius 1 is 1.24 bits per heavy atom. The Balaban J connectivity index is 1.71. The van der Waals surface area contributed by atoms with Crippen molar-refractivity contribution in [3.63, 3.8) is 0 Å². The number of benzene rings is 2. The molecule has 0 radical (unpaired) electrons. The van der Waals surface area contributed by atoms with Crippen molar-refractivity contribution in [3.05, 3.63) is 58.9 Å². The number of esters is 1. The zero-order chi connectivity index (χ0) is 14.8. The molecule has 3 rings (SSSR count). The summed E-state index contributed by atoms with van der Waals surface area (Å²) in [4.78, 5) is 16.1. The molecular weight excluding hydrogens is 290 g/mol. The number of rotatable bonds is 3. The summed E-state index contributed by atoms with van der Waals surface area (Å²) in [6.45, 7) is 1.77. The second-order valence-corrected chi connectivity index (χ2v) is 5.08.